The third-order valence-electron chi connectivity index (χ3n) is 3.48. The highest BCUT2D eigenvalue weighted by Crippen LogP contribution is 2.29. The maximum atomic E-state index is 6.09. The molecule has 1 nitrogen and oxygen atoms in total. The third-order valence-corrected chi connectivity index (χ3v) is 6.30. The lowest BCUT2D eigenvalue weighted by Crippen LogP contribution is -2.36. The van der Waals surface area contributed by atoms with Crippen molar-refractivity contribution in [3.63, 3.8) is 0 Å². The van der Waals surface area contributed by atoms with Crippen molar-refractivity contribution in [3.8, 4) is 0 Å². The summed E-state index contributed by atoms with van der Waals surface area (Å²) >= 11 is 11.5. The summed E-state index contributed by atoms with van der Waals surface area (Å²) in [4.78, 5) is 0. The maximum absolute atomic E-state index is 6.09. The summed E-state index contributed by atoms with van der Waals surface area (Å²) in [6, 6.07) is 6.11. The SMILES string of the molecule is CCC(CC)(CNCc1ccc(Br)c(Cl)c1)SC. The van der Waals surface area contributed by atoms with Crippen molar-refractivity contribution in [2.24, 2.45) is 0 Å². The van der Waals surface area contributed by atoms with Crippen LogP contribution in [0.25, 0.3) is 0 Å². The number of rotatable bonds is 7. The van der Waals surface area contributed by atoms with Crippen LogP contribution in [0.2, 0.25) is 5.02 Å². The van der Waals surface area contributed by atoms with Crippen LogP contribution >= 0.6 is 39.3 Å². The highest BCUT2D eigenvalue weighted by Gasteiger charge is 2.23. The van der Waals surface area contributed by atoms with E-state index in [2.05, 4.69) is 47.4 Å². The van der Waals surface area contributed by atoms with Gasteiger partial charge in [-0.15, -0.1) is 0 Å². The second-order valence-electron chi connectivity index (χ2n) is 4.45. The molecule has 0 atom stereocenters. The molecule has 0 bridgehead atoms. The predicted molar refractivity (Wildman–Crippen MR) is 87.7 cm³/mol. The molecule has 0 aromatic heterocycles. The van der Waals surface area contributed by atoms with Crippen LogP contribution < -0.4 is 5.32 Å². The Hall–Kier alpha value is 0.300. The molecule has 0 fully saturated rings. The average molecular weight is 351 g/mol. The molecule has 102 valence electrons. The summed E-state index contributed by atoms with van der Waals surface area (Å²) in [5.41, 5.74) is 1.23. The molecule has 0 saturated carbocycles. The Kier molecular flexibility index (Phi) is 7.07. The fourth-order valence-electron chi connectivity index (χ4n) is 1.95. The van der Waals surface area contributed by atoms with Gasteiger partial charge in [-0.05, 0) is 52.7 Å². The first-order valence-corrected chi connectivity index (χ1v) is 8.66. The molecule has 0 aliphatic rings. The summed E-state index contributed by atoms with van der Waals surface area (Å²) < 4.78 is 1.31. The van der Waals surface area contributed by atoms with Gasteiger partial charge in [-0.25, -0.2) is 0 Å². The van der Waals surface area contributed by atoms with E-state index in [1.807, 2.05) is 23.9 Å². The van der Waals surface area contributed by atoms with Crippen molar-refractivity contribution >= 4 is 39.3 Å². The van der Waals surface area contributed by atoms with E-state index in [4.69, 9.17) is 11.6 Å². The average Bonchev–Trinajstić information content (AvgIpc) is 2.39. The number of hydrogen-bond donors (Lipinski definition) is 1. The zero-order valence-corrected chi connectivity index (χ0v) is 14.4. The van der Waals surface area contributed by atoms with Gasteiger partial charge in [0.15, 0.2) is 0 Å². The number of benzene rings is 1. The van der Waals surface area contributed by atoms with E-state index in [-0.39, 0.29) is 0 Å². The highest BCUT2D eigenvalue weighted by atomic mass is 79.9. The Balaban J connectivity index is 2.52. The van der Waals surface area contributed by atoms with Crippen LogP contribution in [0.5, 0.6) is 0 Å². The molecule has 0 amide bonds. The lowest BCUT2D eigenvalue weighted by atomic mass is 10.0. The van der Waals surface area contributed by atoms with Gasteiger partial charge < -0.3 is 5.32 Å². The quantitative estimate of drug-likeness (QED) is 0.733. The summed E-state index contributed by atoms with van der Waals surface area (Å²) in [6.45, 7) is 6.43. The van der Waals surface area contributed by atoms with Crippen LogP contribution in [0.3, 0.4) is 0 Å². The topological polar surface area (TPSA) is 12.0 Å². The summed E-state index contributed by atoms with van der Waals surface area (Å²) in [6.07, 6.45) is 4.59. The van der Waals surface area contributed by atoms with Crippen LogP contribution in [0.15, 0.2) is 22.7 Å². The van der Waals surface area contributed by atoms with Crippen molar-refractivity contribution in [2.75, 3.05) is 12.8 Å². The van der Waals surface area contributed by atoms with E-state index >= 15 is 0 Å². The summed E-state index contributed by atoms with van der Waals surface area (Å²) in [5, 5.41) is 4.32. The zero-order valence-electron chi connectivity index (χ0n) is 11.2. The minimum atomic E-state index is 0.360. The van der Waals surface area contributed by atoms with E-state index in [0.717, 1.165) is 22.6 Å². The van der Waals surface area contributed by atoms with Crippen molar-refractivity contribution in [1.29, 1.82) is 0 Å². The monoisotopic (exact) mass is 349 g/mol. The molecule has 0 aliphatic heterocycles. The first-order valence-electron chi connectivity index (χ1n) is 6.26. The zero-order chi connectivity index (χ0) is 13.6. The molecule has 1 aromatic rings. The smallest absolute Gasteiger partial charge is 0.0551 e. The molecule has 0 spiro atoms. The minimum Gasteiger partial charge on any atom is -0.311 e. The third kappa shape index (κ3) is 4.44. The van der Waals surface area contributed by atoms with Crippen LogP contribution in [-0.4, -0.2) is 17.5 Å². The van der Waals surface area contributed by atoms with Gasteiger partial charge in [0.05, 0.1) is 5.02 Å². The van der Waals surface area contributed by atoms with Crippen molar-refractivity contribution in [2.45, 2.75) is 38.0 Å². The van der Waals surface area contributed by atoms with E-state index < -0.39 is 0 Å². The molecule has 0 aliphatic carbocycles. The Morgan fingerprint density at radius 3 is 2.50 bits per heavy atom. The van der Waals surface area contributed by atoms with E-state index in [9.17, 15) is 0 Å². The molecule has 0 unspecified atom stereocenters. The van der Waals surface area contributed by atoms with Gasteiger partial charge in [0.1, 0.15) is 0 Å². The van der Waals surface area contributed by atoms with Gasteiger partial charge in [0.2, 0.25) is 0 Å². The normalized spacial score (nSPS) is 11.8. The maximum Gasteiger partial charge on any atom is 0.0551 e. The van der Waals surface area contributed by atoms with Gasteiger partial charge in [0, 0.05) is 22.3 Å². The molecule has 0 saturated heterocycles. The molecular formula is C14H21BrClNS. The minimum absolute atomic E-state index is 0.360. The van der Waals surface area contributed by atoms with Gasteiger partial charge in [-0.3, -0.25) is 0 Å². The molecule has 0 heterocycles. The molecule has 4 heteroatoms. The Bertz CT molecular complexity index is 372. The number of thioether (sulfide) groups is 1. The molecular weight excluding hydrogens is 330 g/mol. The summed E-state index contributed by atoms with van der Waals surface area (Å²) in [5.74, 6) is 0. The number of halogens is 2. The lowest BCUT2D eigenvalue weighted by molar-refractivity contribution is 0.495. The van der Waals surface area contributed by atoms with Crippen molar-refractivity contribution < 1.29 is 0 Å². The van der Waals surface area contributed by atoms with E-state index in [1.165, 1.54) is 18.4 Å². The van der Waals surface area contributed by atoms with Crippen molar-refractivity contribution in [3.05, 3.63) is 33.3 Å². The Morgan fingerprint density at radius 1 is 1.33 bits per heavy atom. The first kappa shape index (κ1) is 16.4. The van der Waals surface area contributed by atoms with Crippen molar-refractivity contribution in [1.82, 2.24) is 5.32 Å². The lowest BCUT2D eigenvalue weighted by Gasteiger charge is -2.30. The molecule has 18 heavy (non-hydrogen) atoms. The van der Waals surface area contributed by atoms with Crippen LogP contribution in [-0.2, 0) is 6.54 Å². The van der Waals surface area contributed by atoms with Crippen LogP contribution in [0.1, 0.15) is 32.3 Å². The molecule has 1 rings (SSSR count). The van der Waals surface area contributed by atoms with E-state index in [1.54, 1.807) is 0 Å². The van der Waals surface area contributed by atoms with Gasteiger partial charge in [-0.1, -0.05) is 31.5 Å². The first-order chi connectivity index (χ1) is 8.56. The molecule has 1 N–H and O–H groups in total. The highest BCUT2D eigenvalue weighted by molar-refractivity contribution is 9.10. The standard InChI is InChI=1S/C14H21BrClNS/c1-4-14(5-2,18-3)10-17-9-11-6-7-12(15)13(16)8-11/h6-8,17H,4-5,9-10H2,1-3H3. The van der Waals surface area contributed by atoms with Crippen LogP contribution in [0.4, 0.5) is 0 Å². The molecule has 0 radical (unpaired) electrons. The Morgan fingerprint density at radius 2 is 2.00 bits per heavy atom. The summed E-state index contributed by atoms with van der Waals surface area (Å²) in [7, 11) is 0. The Labute approximate surface area is 128 Å². The number of nitrogens with one attached hydrogen (secondary N) is 1. The second kappa shape index (κ2) is 7.78. The second-order valence-corrected chi connectivity index (χ2v) is 6.98. The van der Waals surface area contributed by atoms with Gasteiger partial charge >= 0.3 is 0 Å². The molecule has 1 aromatic carbocycles. The number of hydrogen-bond acceptors (Lipinski definition) is 2. The predicted octanol–water partition coefficient (Wildman–Crippen LogP) is 5.11. The van der Waals surface area contributed by atoms with Gasteiger partial charge in [-0.2, -0.15) is 11.8 Å². The van der Waals surface area contributed by atoms with E-state index in [0.29, 0.717) is 4.75 Å². The van der Waals surface area contributed by atoms with Crippen LogP contribution in [0, 0.1) is 0 Å². The fourth-order valence-corrected chi connectivity index (χ4v) is 3.22. The largest absolute Gasteiger partial charge is 0.311 e. The fraction of sp³-hybridized carbons (Fsp3) is 0.571. The van der Waals surface area contributed by atoms with Gasteiger partial charge in [0.25, 0.3) is 0 Å².